The second-order valence-corrected chi connectivity index (χ2v) is 7.46. The van der Waals surface area contributed by atoms with Crippen LogP contribution in [0.4, 0.5) is 0 Å². The summed E-state index contributed by atoms with van der Waals surface area (Å²) >= 11 is 1.52. The first kappa shape index (κ1) is 16.7. The van der Waals surface area contributed by atoms with Crippen LogP contribution >= 0.6 is 11.3 Å². The van der Waals surface area contributed by atoms with Gasteiger partial charge in [-0.15, -0.1) is 11.3 Å². The summed E-state index contributed by atoms with van der Waals surface area (Å²) < 4.78 is 6.49. The van der Waals surface area contributed by atoms with Crippen LogP contribution in [0.5, 0.6) is 0 Å². The van der Waals surface area contributed by atoms with E-state index in [1.165, 1.54) is 11.3 Å². The van der Waals surface area contributed by atoms with Crippen molar-refractivity contribution in [2.75, 3.05) is 6.54 Å². The average molecular weight is 366 g/mol. The largest absolute Gasteiger partial charge is 0.458 e. The Morgan fingerprint density at radius 3 is 2.73 bits per heavy atom. The van der Waals surface area contributed by atoms with Gasteiger partial charge in [0, 0.05) is 19.5 Å². The Kier molecular flexibility index (Phi) is 4.67. The first-order chi connectivity index (χ1) is 12.7. The molecule has 5 nitrogen and oxygen atoms in total. The van der Waals surface area contributed by atoms with Crippen molar-refractivity contribution < 1.29 is 14.3 Å². The number of benzene rings is 2. The van der Waals surface area contributed by atoms with Crippen LogP contribution in [0.1, 0.15) is 17.0 Å². The summed E-state index contributed by atoms with van der Waals surface area (Å²) in [4.78, 5) is 30.7. The van der Waals surface area contributed by atoms with Crippen LogP contribution in [-0.4, -0.2) is 28.3 Å². The highest BCUT2D eigenvalue weighted by molar-refractivity contribution is 7.18. The number of hydrogen-bond acceptors (Lipinski definition) is 5. The predicted molar refractivity (Wildman–Crippen MR) is 99.4 cm³/mol. The lowest BCUT2D eigenvalue weighted by molar-refractivity contribution is -0.149. The second-order valence-electron chi connectivity index (χ2n) is 6.34. The summed E-state index contributed by atoms with van der Waals surface area (Å²) in [5.41, 5.74) is 1.97. The van der Waals surface area contributed by atoms with E-state index >= 15 is 0 Å². The molecule has 0 unspecified atom stereocenters. The number of esters is 1. The molecule has 0 radical (unpaired) electrons. The lowest BCUT2D eigenvalue weighted by Gasteiger charge is -2.16. The molecule has 1 amide bonds. The first-order valence-electron chi connectivity index (χ1n) is 8.52. The van der Waals surface area contributed by atoms with Gasteiger partial charge in [0.05, 0.1) is 16.1 Å². The highest BCUT2D eigenvalue weighted by Gasteiger charge is 2.35. The summed E-state index contributed by atoms with van der Waals surface area (Å²) in [7, 11) is 0. The van der Waals surface area contributed by atoms with E-state index < -0.39 is 5.92 Å². The molecule has 0 spiro atoms. The van der Waals surface area contributed by atoms with Gasteiger partial charge in [-0.3, -0.25) is 9.59 Å². The lowest BCUT2D eigenvalue weighted by Crippen LogP contribution is -2.26. The number of likely N-dealkylation sites (tertiary alicyclic amines) is 1. The fourth-order valence-corrected chi connectivity index (χ4v) is 4.00. The van der Waals surface area contributed by atoms with E-state index in [9.17, 15) is 9.59 Å². The molecule has 1 atom stereocenters. The number of ether oxygens (including phenoxy) is 1. The van der Waals surface area contributed by atoms with Crippen LogP contribution in [-0.2, 0) is 27.5 Å². The molecule has 0 bridgehead atoms. The number of aromatic nitrogens is 1. The highest BCUT2D eigenvalue weighted by atomic mass is 32.1. The topological polar surface area (TPSA) is 59.5 Å². The van der Waals surface area contributed by atoms with Gasteiger partial charge in [-0.25, -0.2) is 4.98 Å². The smallest absolute Gasteiger partial charge is 0.311 e. The fourth-order valence-electron chi connectivity index (χ4n) is 3.12. The zero-order valence-corrected chi connectivity index (χ0v) is 14.9. The Bertz CT molecular complexity index is 905. The molecule has 26 heavy (non-hydrogen) atoms. The second kappa shape index (κ2) is 7.25. The number of hydrogen-bond donors (Lipinski definition) is 0. The fraction of sp³-hybridized carbons (Fsp3) is 0.250. The molecule has 0 aliphatic carbocycles. The van der Waals surface area contributed by atoms with Crippen molar-refractivity contribution in [3.63, 3.8) is 0 Å². The van der Waals surface area contributed by atoms with Gasteiger partial charge in [-0.05, 0) is 17.7 Å². The standard InChI is InChI=1S/C20H18N2O3S/c23-19-10-15(12-22(19)11-14-6-2-1-3-7-14)20(24)25-13-18-21-16-8-4-5-9-17(16)26-18/h1-9,15H,10-13H2/t15-/m0/s1. The Hall–Kier alpha value is -2.73. The number of carbonyl (C=O) groups excluding carboxylic acids is 2. The Morgan fingerprint density at radius 1 is 1.15 bits per heavy atom. The summed E-state index contributed by atoms with van der Waals surface area (Å²) in [5, 5.41) is 0.769. The minimum atomic E-state index is -0.402. The van der Waals surface area contributed by atoms with Gasteiger partial charge in [0.15, 0.2) is 0 Å². The molecule has 3 aromatic rings. The molecule has 1 aliphatic heterocycles. The van der Waals surface area contributed by atoms with Crippen LogP contribution in [0, 0.1) is 5.92 Å². The van der Waals surface area contributed by atoms with Gasteiger partial charge in [-0.2, -0.15) is 0 Å². The van der Waals surface area contributed by atoms with E-state index in [0.717, 1.165) is 20.8 Å². The maximum absolute atomic E-state index is 12.4. The maximum atomic E-state index is 12.4. The number of para-hydroxylation sites is 1. The van der Waals surface area contributed by atoms with Gasteiger partial charge in [0.2, 0.25) is 5.91 Å². The lowest BCUT2D eigenvalue weighted by atomic mass is 10.1. The number of thiazole rings is 1. The molecule has 2 aromatic carbocycles. The summed E-state index contributed by atoms with van der Waals surface area (Å²) in [6, 6.07) is 17.6. The Morgan fingerprint density at radius 2 is 1.92 bits per heavy atom. The average Bonchev–Trinajstić information content (AvgIpc) is 3.24. The van der Waals surface area contributed by atoms with E-state index in [4.69, 9.17) is 4.74 Å². The van der Waals surface area contributed by atoms with Crippen molar-refractivity contribution in [1.82, 2.24) is 9.88 Å². The molecule has 1 aliphatic rings. The van der Waals surface area contributed by atoms with Crippen molar-refractivity contribution in [1.29, 1.82) is 0 Å². The molecule has 4 rings (SSSR count). The van der Waals surface area contributed by atoms with Crippen molar-refractivity contribution in [3.8, 4) is 0 Å². The number of amides is 1. The Balaban J connectivity index is 1.34. The van der Waals surface area contributed by atoms with E-state index in [1.54, 1.807) is 4.90 Å². The van der Waals surface area contributed by atoms with E-state index in [2.05, 4.69) is 4.98 Å². The van der Waals surface area contributed by atoms with Crippen molar-refractivity contribution in [3.05, 3.63) is 65.2 Å². The third-order valence-corrected chi connectivity index (χ3v) is 5.45. The third-order valence-electron chi connectivity index (χ3n) is 4.44. The van der Waals surface area contributed by atoms with Crippen molar-refractivity contribution in [2.45, 2.75) is 19.6 Å². The van der Waals surface area contributed by atoms with Crippen LogP contribution in [0.3, 0.4) is 0 Å². The minimum Gasteiger partial charge on any atom is -0.458 e. The van der Waals surface area contributed by atoms with Gasteiger partial charge < -0.3 is 9.64 Å². The van der Waals surface area contributed by atoms with Crippen LogP contribution in [0.25, 0.3) is 10.2 Å². The quantitative estimate of drug-likeness (QED) is 0.650. The molecule has 1 fully saturated rings. The molecular weight excluding hydrogens is 348 g/mol. The SMILES string of the molecule is O=C(OCc1nc2ccccc2s1)[C@H]1CC(=O)N(Cc2ccccc2)C1. The van der Waals surface area contributed by atoms with E-state index in [0.29, 0.717) is 13.1 Å². The maximum Gasteiger partial charge on any atom is 0.311 e. The molecule has 1 saturated heterocycles. The number of fused-ring (bicyclic) bond motifs is 1. The van der Waals surface area contributed by atoms with Crippen LogP contribution in [0.15, 0.2) is 54.6 Å². The third kappa shape index (κ3) is 3.60. The molecule has 0 N–H and O–H groups in total. The zero-order chi connectivity index (χ0) is 17.9. The first-order valence-corrected chi connectivity index (χ1v) is 9.33. The van der Waals surface area contributed by atoms with Gasteiger partial charge in [0.1, 0.15) is 11.6 Å². The predicted octanol–water partition coefficient (Wildman–Crippen LogP) is 3.39. The van der Waals surface area contributed by atoms with Crippen LogP contribution in [0.2, 0.25) is 0 Å². The summed E-state index contributed by atoms with van der Waals surface area (Å²) in [6.07, 6.45) is 0.214. The summed E-state index contributed by atoms with van der Waals surface area (Å²) in [5.74, 6) is -0.732. The monoisotopic (exact) mass is 366 g/mol. The van der Waals surface area contributed by atoms with Crippen LogP contribution < -0.4 is 0 Å². The minimum absolute atomic E-state index is 0.00390. The van der Waals surface area contributed by atoms with Crippen molar-refractivity contribution in [2.24, 2.45) is 5.92 Å². The normalized spacial score (nSPS) is 17.0. The van der Waals surface area contributed by atoms with Gasteiger partial charge in [-0.1, -0.05) is 42.5 Å². The number of carbonyl (C=O) groups is 2. The van der Waals surface area contributed by atoms with E-state index in [1.807, 2.05) is 54.6 Å². The molecule has 2 heterocycles. The van der Waals surface area contributed by atoms with Crippen molar-refractivity contribution >= 4 is 33.4 Å². The number of nitrogens with zero attached hydrogens (tertiary/aromatic N) is 2. The Labute approximate surface area is 155 Å². The molecule has 132 valence electrons. The molecule has 0 saturated carbocycles. The zero-order valence-electron chi connectivity index (χ0n) is 14.1. The molecular formula is C20H18N2O3S. The van der Waals surface area contributed by atoms with Gasteiger partial charge in [0.25, 0.3) is 0 Å². The number of rotatable bonds is 5. The molecule has 6 heteroatoms. The highest BCUT2D eigenvalue weighted by Crippen LogP contribution is 2.24. The molecule has 1 aromatic heterocycles. The summed E-state index contributed by atoms with van der Waals surface area (Å²) in [6.45, 7) is 1.09. The van der Waals surface area contributed by atoms with E-state index in [-0.39, 0.29) is 24.9 Å². The van der Waals surface area contributed by atoms with Gasteiger partial charge >= 0.3 is 5.97 Å².